The van der Waals surface area contributed by atoms with Crippen molar-refractivity contribution in [2.45, 2.75) is 11.6 Å². The van der Waals surface area contributed by atoms with Crippen LogP contribution in [0.4, 0.5) is 0 Å². The molecule has 1 rings (SSSR count). The minimum Gasteiger partial charge on any atom is -0.315 e. The minimum absolute atomic E-state index is 0.123. The zero-order chi connectivity index (χ0) is 9.35. The monoisotopic (exact) mass is 211 g/mol. The van der Waals surface area contributed by atoms with Crippen LogP contribution in [0, 0.1) is 0 Å². The second kappa shape index (κ2) is 3.23. The van der Waals surface area contributed by atoms with E-state index in [-0.39, 0.29) is 11.7 Å². The van der Waals surface area contributed by atoms with Gasteiger partial charge >= 0.3 is 0 Å². The molecule has 0 spiro atoms. The van der Waals surface area contributed by atoms with Crippen LogP contribution < -0.4 is 0 Å². The van der Waals surface area contributed by atoms with Crippen LogP contribution in [0.25, 0.3) is 0 Å². The summed E-state index contributed by atoms with van der Waals surface area (Å²) < 4.78 is 29.0. The first-order valence-corrected chi connectivity index (χ1v) is 5.89. The van der Waals surface area contributed by atoms with E-state index >= 15 is 0 Å². The summed E-state index contributed by atoms with van der Waals surface area (Å²) in [4.78, 5) is 12.1. The number of amides is 1. The first-order valence-electron chi connectivity index (χ1n) is 3.34. The molecule has 1 unspecified atom stereocenters. The Morgan fingerprint density at radius 2 is 2.33 bits per heavy atom. The Morgan fingerprint density at radius 3 is 2.67 bits per heavy atom. The van der Waals surface area contributed by atoms with Gasteiger partial charge in [0.1, 0.15) is 0 Å². The van der Waals surface area contributed by atoms with E-state index in [0.717, 1.165) is 16.7 Å². The molecule has 0 bridgehead atoms. The molecule has 0 radical (unpaired) electrons. The number of nitrogens with zero attached hydrogens (tertiary/aromatic N) is 1. The standard InChI is InChI=1S/C5H9NO4S2/c1-2-6-4(7)3-11-5(6)12(8,9)10/h5H,2-3H2,1H3,(H,8,9,10). The van der Waals surface area contributed by atoms with Crippen LogP contribution in [0.1, 0.15) is 6.92 Å². The number of rotatable bonds is 2. The van der Waals surface area contributed by atoms with Crippen molar-refractivity contribution in [1.82, 2.24) is 4.90 Å². The van der Waals surface area contributed by atoms with Crippen LogP contribution in [0.2, 0.25) is 0 Å². The second-order valence-electron chi connectivity index (χ2n) is 2.31. The zero-order valence-electron chi connectivity index (χ0n) is 6.43. The van der Waals surface area contributed by atoms with Crippen molar-refractivity contribution < 1.29 is 17.8 Å². The number of thioether (sulfide) groups is 1. The van der Waals surface area contributed by atoms with Crippen LogP contribution in [0.3, 0.4) is 0 Å². The number of hydrogen-bond donors (Lipinski definition) is 1. The third kappa shape index (κ3) is 1.73. The van der Waals surface area contributed by atoms with Gasteiger partial charge in [-0.25, -0.2) is 0 Å². The third-order valence-electron chi connectivity index (χ3n) is 1.52. The maximum absolute atomic E-state index is 11.0. The van der Waals surface area contributed by atoms with E-state index in [1.165, 1.54) is 0 Å². The fraction of sp³-hybridized carbons (Fsp3) is 0.800. The average molecular weight is 211 g/mol. The Balaban J connectivity index is 2.88. The topological polar surface area (TPSA) is 74.7 Å². The molecule has 1 fully saturated rings. The van der Waals surface area contributed by atoms with Crippen molar-refractivity contribution >= 4 is 27.8 Å². The Morgan fingerprint density at radius 1 is 1.75 bits per heavy atom. The summed E-state index contributed by atoms with van der Waals surface area (Å²) in [6, 6.07) is 0. The first-order chi connectivity index (χ1) is 5.46. The smallest absolute Gasteiger partial charge is 0.296 e. The van der Waals surface area contributed by atoms with Crippen LogP contribution >= 0.6 is 11.8 Å². The molecule has 1 atom stereocenters. The van der Waals surface area contributed by atoms with E-state index in [1.807, 2.05) is 0 Å². The van der Waals surface area contributed by atoms with E-state index in [2.05, 4.69) is 0 Å². The molecule has 1 N–H and O–H groups in total. The summed E-state index contributed by atoms with van der Waals surface area (Å²) in [6.07, 6.45) is 0. The molecule has 1 aliphatic heterocycles. The molecule has 0 aromatic rings. The Labute approximate surface area is 74.9 Å². The zero-order valence-corrected chi connectivity index (χ0v) is 8.06. The van der Waals surface area contributed by atoms with Crippen LogP contribution in [0.15, 0.2) is 0 Å². The molecule has 0 saturated carbocycles. The third-order valence-corrected chi connectivity index (χ3v) is 4.37. The highest BCUT2D eigenvalue weighted by atomic mass is 32.3. The van der Waals surface area contributed by atoms with Gasteiger partial charge in [0, 0.05) is 6.54 Å². The van der Waals surface area contributed by atoms with Crippen molar-refractivity contribution in [3.05, 3.63) is 0 Å². The Bertz CT molecular complexity index is 286. The summed E-state index contributed by atoms with van der Waals surface area (Å²) in [7, 11) is -4.13. The normalized spacial score (nSPS) is 25.0. The fourth-order valence-electron chi connectivity index (χ4n) is 1.01. The Hall–Kier alpha value is -0.270. The van der Waals surface area contributed by atoms with Crippen molar-refractivity contribution in [2.24, 2.45) is 0 Å². The Kier molecular flexibility index (Phi) is 2.64. The molecule has 7 heteroatoms. The molecule has 1 aliphatic rings. The summed E-state index contributed by atoms with van der Waals surface area (Å²) in [5.74, 6) is -0.122. The van der Waals surface area contributed by atoms with E-state index in [9.17, 15) is 13.2 Å². The molecule has 0 aromatic carbocycles. The number of hydrogen-bond acceptors (Lipinski definition) is 4. The van der Waals surface area contributed by atoms with Crippen molar-refractivity contribution in [2.75, 3.05) is 12.3 Å². The number of carbonyl (C=O) groups excluding carboxylic acids is 1. The average Bonchev–Trinajstić information content (AvgIpc) is 2.29. The molecular weight excluding hydrogens is 202 g/mol. The van der Waals surface area contributed by atoms with Crippen LogP contribution in [0.5, 0.6) is 0 Å². The largest absolute Gasteiger partial charge is 0.315 e. The SMILES string of the molecule is CCN1C(=O)CSC1S(=O)(=O)O. The highest BCUT2D eigenvalue weighted by Gasteiger charge is 2.38. The summed E-state index contributed by atoms with van der Waals surface area (Å²) in [5.41, 5.74) is 0. The van der Waals surface area contributed by atoms with E-state index in [4.69, 9.17) is 4.55 Å². The van der Waals surface area contributed by atoms with E-state index in [1.54, 1.807) is 6.92 Å². The van der Waals surface area contributed by atoms with Crippen molar-refractivity contribution in [3.63, 3.8) is 0 Å². The fourth-order valence-corrected chi connectivity index (χ4v) is 3.38. The van der Waals surface area contributed by atoms with Gasteiger partial charge in [-0.1, -0.05) is 0 Å². The predicted octanol–water partition coefficient (Wildman–Crippen LogP) is -0.247. The maximum Gasteiger partial charge on any atom is 0.296 e. The van der Waals surface area contributed by atoms with Gasteiger partial charge in [-0.15, -0.1) is 11.8 Å². The van der Waals surface area contributed by atoms with Gasteiger partial charge < -0.3 is 4.90 Å². The second-order valence-corrected chi connectivity index (χ2v) is 5.16. The van der Waals surface area contributed by atoms with Gasteiger partial charge in [0.2, 0.25) is 10.6 Å². The van der Waals surface area contributed by atoms with Gasteiger partial charge in [-0.2, -0.15) is 8.42 Å². The molecule has 5 nitrogen and oxygen atoms in total. The molecule has 70 valence electrons. The maximum atomic E-state index is 11.0. The van der Waals surface area contributed by atoms with Gasteiger partial charge in [0.05, 0.1) is 5.75 Å². The van der Waals surface area contributed by atoms with Crippen molar-refractivity contribution in [1.29, 1.82) is 0 Å². The summed E-state index contributed by atoms with van der Waals surface area (Å²) >= 11 is 0.929. The molecular formula is C5H9NO4S2. The molecule has 1 amide bonds. The quantitative estimate of drug-likeness (QED) is 0.638. The lowest BCUT2D eigenvalue weighted by Crippen LogP contribution is -2.37. The molecule has 12 heavy (non-hydrogen) atoms. The minimum atomic E-state index is -4.13. The lowest BCUT2D eigenvalue weighted by Gasteiger charge is -2.18. The summed E-state index contributed by atoms with van der Waals surface area (Å²) in [6.45, 7) is 1.97. The number of carbonyl (C=O) groups is 1. The predicted molar refractivity (Wildman–Crippen MR) is 45.2 cm³/mol. The first kappa shape index (κ1) is 9.82. The highest BCUT2D eigenvalue weighted by molar-refractivity contribution is 8.12. The van der Waals surface area contributed by atoms with Gasteiger partial charge in [0.15, 0.2) is 0 Å². The molecule has 0 aliphatic carbocycles. The van der Waals surface area contributed by atoms with Gasteiger partial charge in [-0.05, 0) is 6.92 Å². The van der Waals surface area contributed by atoms with Crippen LogP contribution in [-0.2, 0) is 14.9 Å². The lowest BCUT2D eigenvalue weighted by atomic mass is 10.6. The molecule has 0 aromatic heterocycles. The van der Waals surface area contributed by atoms with Crippen LogP contribution in [-0.4, -0.2) is 40.8 Å². The van der Waals surface area contributed by atoms with E-state index in [0.29, 0.717) is 6.54 Å². The van der Waals surface area contributed by atoms with E-state index < -0.39 is 14.8 Å². The van der Waals surface area contributed by atoms with Crippen molar-refractivity contribution in [3.8, 4) is 0 Å². The molecule has 1 heterocycles. The highest BCUT2D eigenvalue weighted by Crippen LogP contribution is 2.27. The molecule has 1 saturated heterocycles. The van der Waals surface area contributed by atoms with Gasteiger partial charge in [0.25, 0.3) is 10.1 Å². The lowest BCUT2D eigenvalue weighted by molar-refractivity contribution is -0.126. The van der Waals surface area contributed by atoms with Gasteiger partial charge in [-0.3, -0.25) is 9.35 Å². The summed E-state index contributed by atoms with van der Waals surface area (Å²) in [5, 5.41) is 0.